The van der Waals surface area contributed by atoms with Gasteiger partial charge in [-0.05, 0) is 53.6 Å². The molecule has 5 nitrogen and oxygen atoms in total. The lowest BCUT2D eigenvalue weighted by Crippen LogP contribution is -2.13. The van der Waals surface area contributed by atoms with Crippen LogP contribution in [0.4, 0.5) is 14.5 Å². The fraction of sp³-hybridized carbons (Fsp3) is 0.0833. The molecule has 0 unspecified atom stereocenters. The molecule has 0 atom stereocenters. The van der Waals surface area contributed by atoms with Crippen molar-refractivity contribution in [1.29, 1.82) is 0 Å². The number of hydrogen-bond donors (Lipinski definition) is 1. The van der Waals surface area contributed by atoms with E-state index in [1.165, 1.54) is 41.2 Å². The average Bonchev–Trinajstić information content (AvgIpc) is 3.18. The highest BCUT2D eigenvalue weighted by atomic mass is 35.5. The second-order valence-electron chi connectivity index (χ2n) is 7.18. The van der Waals surface area contributed by atoms with Gasteiger partial charge in [-0.25, -0.2) is 8.78 Å². The van der Waals surface area contributed by atoms with E-state index in [1.807, 2.05) is 0 Å². The molecule has 0 spiro atoms. The Labute approximate surface area is 198 Å². The molecule has 0 fully saturated rings. The van der Waals surface area contributed by atoms with Gasteiger partial charge in [0.25, 0.3) is 5.91 Å². The van der Waals surface area contributed by atoms with Crippen LogP contribution >= 0.6 is 23.2 Å². The van der Waals surface area contributed by atoms with Gasteiger partial charge in [-0.15, -0.1) is 5.10 Å². The molecule has 1 N–H and O–H groups in total. The molecule has 0 bridgehead atoms. The van der Waals surface area contributed by atoms with Gasteiger partial charge in [0.1, 0.15) is 23.8 Å². The van der Waals surface area contributed by atoms with Crippen LogP contribution in [0, 0.1) is 11.6 Å². The molecule has 4 rings (SSSR count). The molecular weight excluding hydrogens is 471 g/mol. The summed E-state index contributed by atoms with van der Waals surface area (Å²) in [6.07, 6.45) is 1.50. The van der Waals surface area contributed by atoms with Crippen molar-refractivity contribution >= 4 is 34.8 Å². The normalized spacial score (nSPS) is 10.8. The zero-order chi connectivity index (χ0) is 23.4. The Hall–Kier alpha value is -3.42. The lowest BCUT2D eigenvalue weighted by Gasteiger charge is -2.08. The Morgan fingerprint density at radius 3 is 2.33 bits per heavy atom. The minimum Gasteiger partial charge on any atom is -0.471 e. The smallest absolute Gasteiger partial charge is 0.262 e. The van der Waals surface area contributed by atoms with Gasteiger partial charge in [0.15, 0.2) is 0 Å². The van der Waals surface area contributed by atoms with Gasteiger partial charge in [0.2, 0.25) is 5.88 Å². The third-order valence-corrected chi connectivity index (χ3v) is 5.39. The topological polar surface area (TPSA) is 56.2 Å². The molecule has 1 heterocycles. The van der Waals surface area contributed by atoms with Gasteiger partial charge >= 0.3 is 0 Å². The molecule has 0 aliphatic carbocycles. The maximum Gasteiger partial charge on any atom is 0.262 e. The molecule has 1 amide bonds. The van der Waals surface area contributed by atoms with Gasteiger partial charge in [-0.3, -0.25) is 9.48 Å². The first-order chi connectivity index (χ1) is 15.9. The Morgan fingerprint density at radius 1 is 0.939 bits per heavy atom. The number of ether oxygens (including phenoxy) is 1. The SMILES string of the molecule is O=C(Nc1ccc(Cl)c(Cl)c1)c1cn(Cc2cccc(F)c2)nc1OCc1cccc(F)c1. The number of hydrogen-bond acceptors (Lipinski definition) is 3. The predicted molar refractivity (Wildman–Crippen MR) is 123 cm³/mol. The second-order valence-corrected chi connectivity index (χ2v) is 7.99. The van der Waals surface area contributed by atoms with Crippen LogP contribution in [0.1, 0.15) is 21.5 Å². The summed E-state index contributed by atoms with van der Waals surface area (Å²) in [4.78, 5) is 13.0. The number of aromatic nitrogens is 2. The Morgan fingerprint density at radius 2 is 1.64 bits per heavy atom. The molecule has 0 saturated heterocycles. The van der Waals surface area contributed by atoms with Crippen molar-refractivity contribution in [2.45, 2.75) is 13.2 Å². The number of carbonyl (C=O) groups excluding carboxylic acids is 1. The lowest BCUT2D eigenvalue weighted by atomic mass is 10.2. The first kappa shape index (κ1) is 22.8. The van der Waals surface area contributed by atoms with Crippen LogP contribution < -0.4 is 10.1 Å². The van der Waals surface area contributed by atoms with Crippen molar-refractivity contribution < 1.29 is 18.3 Å². The molecular formula is C24H17Cl2F2N3O2. The zero-order valence-electron chi connectivity index (χ0n) is 17.1. The lowest BCUT2D eigenvalue weighted by molar-refractivity contribution is 0.102. The van der Waals surface area contributed by atoms with Gasteiger partial charge in [-0.2, -0.15) is 0 Å². The van der Waals surface area contributed by atoms with Crippen molar-refractivity contribution in [3.63, 3.8) is 0 Å². The predicted octanol–water partition coefficient (Wildman–Crippen LogP) is 6.35. The highest BCUT2D eigenvalue weighted by molar-refractivity contribution is 6.42. The van der Waals surface area contributed by atoms with E-state index < -0.39 is 11.7 Å². The quantitative estimate of drug-likeness (QED) is 0.330. The van der Waals surface area contributed by atoms with E-state index in [4.69, 9.17) is 27.9 Å². The molecule has 0 radical (unpaired) electrons. The summed E-state index contributed by atoms with van der Waals surface area (Å²) >= 11 is 12.0. The molecule has 3 aromatic carbocycles. The van der Waals surface area contributed by atoms with Crippen molar-refractivity contribution in [3.8, 4) is 5.88 Å². The minimum absolute atomic E-state index is 0.00178. The van der Waals surface area contributed by atoms with E-state index in [2.05, 4.69) is 10.4 Å². The van der Waals surface area contributed by atoms with Crippen LogP contribution in [0.25, 0.3) is 0 Å². The monoisotopic (exact) mass is 487 g/mol. The third kappa shape index (κ3) is 5.88. The molecule has 0 saturated carbocycles. The van der Waals surface area contributed by atoms with Crippen molar-refractivity contribution in [2.24, 2.45) is 0 Å². The zero-order valence-corrected chi connectivity index (χ0v) is 18.6. The highest BCUT2D eigenvalue weighted by Gasteiger charge is 2.19. The number of benzene rings is 3. The summed E-state index contributed by atoms with van der Waals surface area (Å²) in [5.74, 6) is -1.22. The van der Waals surface area contributed by atoms with Crippen LogP contribution in [-0.2, 0) is 13.2 Å². The van der Waals surface area contributed by atoms with Crippen molar-refractivity contribution in [2.75, 3.05) is 5.32 Å². The van der Waals surface area contributed by atoms with Gasteiger partial charge in [-0.1, -0.05) is 47.5 Å². The number of amides is 1. The van der Waals surface area contributed by atoms with E-state index >= 15 is 0 Å². The van der Waals surface area contributed by atoms with Crippen LogP contribution in [0.2, 0.25) is 10.0 Å². The maximum atomic E-state index is 13.6. The van der Waals surface area contributed by atoms with Crippen LogP contribution in [0.15, 0.2) is 72.9 Å². The van der Waals surface area contributed by atoms with Crippen molar-refractivity contribution in [1.82, 2.24) is 9.78 Å². The Kier molecular flexibility index (Phi) is 6.91. The number of nitrogens with one attached hydrogen (secondary N) is 1. The standard InChI is InChI=1S/C24H17Cl2F2N3O2/c25-21-8-7-19(11-22(21)26)29-23(32)20-13-31(12-15-3-1-5-17(27)9-15)30-24(20)33-14-16-4-2-6-18(28)10-16/h1-11,13H,12,14H2,(H,29,32). The largest absolute Gasteiger partial charge is 0.471 e. The third-order valence-electron chi connectivity index (χ3n) is 4.65. The first-order valence-electron chi connectivity index (χ1n) is 9.83. The van der Waals surface area contributed by atoms with Crippen LogP contribution in [-0.4, -0.2) is 15.7 Å². The second kappa shape index (κ2) is 10.0. The summed E-state index contributed by atoms with van der Waals surface area (Å²) in [6, 6.07) is 16.7. The molecule has 168 valence electrons. The fourth-order valence-electron chi connectivity index (χ4n) is 3.12. The summed E-state index contributed by atoms with van der Waals surface area (Å²) in [6.45, 7) is 0.218. The Balaban J connectivity index is 1.59. The number of carbonyl (C=O) groups is 1. The van der Waals surface area contributed by atoms with Gasteiger partial charge < -0.3 is 10.1 Å². The fourth-order valence-corrected chi connectivity index (χ4v) is 3.42. The summed E-state index contributed by atoms with van der Waals surface area (Å²) in [7, 11) is 0. The number of rotatable bonds is 7. The number of nitrogens with zero attached hydrogens (tertiary/aromatic N) is 2. The first-order valence-corrected chi connectivity index (χ1v) is 10.6. The van der Waals surface area contributed by atoms with Crippen LogP contribution in [0.5, 0.6) is 5.88 Å². The van der Waals surface area contributed by atoms with E-state index in [9.17, 15) is 13.6 Å². The molecule has 0 aliphatic rings. The van der Waals surface area contributed by atoms with E-state index in [-0.39, 0.29) is 30.4 Å². The maximum absolute atomic E-state index is 13.6. The van der Waals surface area contributed by atoms with E-state index in [0.29, 0.717) is 26.9 Å². The average molecular weight is 488 g/mol. The number of anilines is 1. The van der Waals surface area contributed by atoms with Crippen LogP contribution in [0.3, 0.4) is 0 Å². The highest BCUT2D eigenvalue weighted by Crippen LogP contribution is 2.26. The Bertz CT molecular complexity index is 1310. The molecule has 9 heteroatoms. The summed E-state index contributed by atoms with van der Waals surface area (Å²) in [5.41, 5.74) is 1.81. The van der Waals surface area contributed by atoms with Gasteiger partial charge in [0, 0.05) is 11.9 Å². The van der Waals surface area contributed by atoms with E-state index in [1.54, 1.807) is 36.4 Å². The summed E-state index contributed by atoms with van der Waals surface area (Å²) < 4.78 is 34.3. The minimum atomic E-state index is -0.492. The summed E-state index contributed by atoms with van der Waals surface area (Å²) in [5, 5.41) is 7.71. The molecule has 4 aromatic rings. The molecule has 33 heavy (non-hydrogen) atoms. The number of halogens is 4. The van der Waals surface area contributed by atoms with Gasteiger partial charge in [0.05, 0.1) is 16.6 Å². The van der Waals surface area contributed by atoms with E-state index in [0.717, 1.165) is 0 Å². The molecule has 0 aliphatic heterocycles. The van der Waals surface area contributed by atoms with Crippen molar-refractivity contribution in [3.05, 3.63) is 111 Å². The molecule has 1 aromatic heterocycles.